The lowest BCUT2D eigenvalue weighted by Gasteiger charge is -2.22. The van der Waals surface area contributed by atoms with Crippen molar-refractivity contribution in [3.63, 3.8) is 0 Å². The molecular weight excluding hydrogens is 259 g/mol. The van der Waals surface area contributed by atoms with E-state index in [1.54, 1.807) is 5.30 Å². The summed E-state index contributed by atoms with van der Waals surface area (Å²) in [6.07, 6.45) is 7.20. The zero-order valence-corrected chi connectivity index (χ0v) is 13.1. The Kier molecular flexibility index (Phi) is 4.03. The third-order valence-electron chi connectivity index (χ3n) is 4.18. The molecule has 1 aliphatic rings. The predicted molar refractivity (Wildman–Crippen MR) is 91.4 cm³/mol. The van der Waals surface area contributed by atoms with Crippen LogP contribution in [0.3, 0.4) is 0 Å². The number of allylic oxidation sites excluding steroid dienone is 1. The summed E-state index contributed by atoms with van der Waals surface area (Å²) in [6.45, 7) is 4.65. The summed E-state index contributed by atoms with van der Waals surface area (Å²) in [5.41, 5.74) is 4.36. The Hall–Kier alpha value is -1.39. The molecule has 0 amide bonds. The van der Waals surface area contributed by atoms with E-state index in [2.05, 4.69) is 74.5 Å². The van der Waals surface area contributed by atoms with Gasteiger partial charge in [-0.1, -0.05) is 82.5 Å². The van der Waals surface area contributed by atoms with Gasteiger partial charge in [-0.25, -0.2) is 0 Å². The molecule has 2 aromatic carbocycles. The van der Waals surface area contributed by atoms with E-state index in [1.807, 2.05) is 0 Å². The molecule has 0 fully saturated rings. The van der Waals surface area contributed by atoms with Crippen LogP contribution in [-0.2, 0) is 0 Å². The minimum absolute atomic E-state index is 0.0114. The van der Waals surface area contributed by atoms with Crippen LogP contribution >= 0.6 is 7.92 Å². The first-order valence-corrected chi connectivity index (χ1v) is 9.17. The van der Waals surface area contributed by atoms with E-state index in [4.69, 9.17) is 0 Å². The van der Waals surface area contributed by atoms with Crippen LogP contribution in [0.5, 0.6) is 0 Å². The summed E-state index contributed by atoms with van der Waals surface area (Å²) in [5, 5.41) is 1.60. The van der Waals surface area contributed by atoms with Crippen molar-refractivity contribution in [1.82, 2.24) is 0 Å². The van der Waals surface area contributed by atoms with Gasteiger partial charge in [0.25, 0.3) is 0 Å². The highest BCUT2D eigenvalue weighted by molar-refractivity contribution is 7.65. The molecule has 102 valence electrons. The van der Waals surface area contributed by atoms with E-state index in [9.17, 15) is 0 Å². The Morgan fingerprint density at radius 2 is 1.50 bits per heavy atom. The van der Waals surface area contributed by atoms with E-state index in [-0.39, 0.29) is 7.92 Å². The molecule has 0 spiro atoms. The summed E-state index contributed by atoms with van der Waals surface area (Å²) in [4.78, 5) is 0. The number of rotatable bonds is 4. The molecular formula is C19H21P. The van der Waals surface area contributed by atoms with Gasteiger partial charge in [0.15, 0.2) is 0 Å². The highest BCUT2D eigenvalue weighted by Gasteiger charge is 2.22. The standard InChI is InChI=1S/C19H21P/c1-3-20(4-2)19-12-8-7-11-18(19)17-14-13-15-9-5-6-10-16(15)17/h5-14,17H,3-4H2,1-2H3. The molecule has 0 aromatic heterocycles. The van der Waals surface area contributed by atoms with Gasteiger partial charge >= 0.3 is 0 Å². The van der Waals surface area contributed by atoms with Crippen molar-refractivity contribution in [2.24, 2.45) is 0 Å². The maximum atomic E-state index is 2.36. The zero-order valence-electron chi connectivity index (χ0n) is 12.2. The van der Waals surface area contributed by atoms with Crippen molar-refractivity contribution in [2.45, 2.75) is 19.8 Å². The van der Waals surface area contributed by atoms with Gasteiger partial charge in [0.05, 0.1) is 0 Å². The molecule has 3 rings (SSSR count). The first-order valence-electron chi connectivity index (χ1n) is 7.46. The Bertz CT molecular complexity index is 623. The van der Waals surface area contributed by atoms with Crippen molar-refractivity contribution in [3.8, 4) is 0 Å². The molecule has 0 N–H and O–H groups in total. The Morgan fingerprint density at radius 3 is 2.25 bits per heavy atom. The smallest absolute Gasteiger partial charge is 0.0285 e. The molecule has 0 saturated heterocycles. The van der Waals surface area contributed by atoms with Gasteiger partial charge in [-0.2, -0.15) is 0 Å². The van der Waals surface area contributed by atoms with Gasteiger partial charge in [-0.05, 0) is 34.3 Å². The van der Waals surface area contributed by atoms with Gasteiger partial charge in [0.1, 0.15) is 0 Å². The molecule has 1 aliphatic carbocycles. The molecule has 1 heteroatoms. The molecule has 0 saturated carbocycles. The zero-order chi connectivity index (χ0) is 13.9. The minimum atomic E-state index is -0.0114. The van der Waals surface area contributed by atoms with E-state index >= 15 is 0 Å². The van der Waals surface area contributed by atoms with Crippen LogP contribution in [0, 0.1) is 0 Å². The fourth-order valence-electron chi connectivity index (χ4n) is 3.12. The van der Waals surface area contributed by atoms with Crippen LogP contribution in [0.2, 0.25) is 0 Å². The lowest BCUT2D eigenvalue weighted by molar-refractivity contribution is 1.06. The summed E-state index contributed by atoms with van der Waals surface area (Å²) < 4.78 is 0. The number of hydrogen-bond acceptors (Lipinski definition) is 0. The van der Waals surface area contributed by atoms with Gasteiger partial charge in [0.2, 0.25) is 0 Å². The fraction of sp³-hybridized carbons (Fsp3) is 0.263. The molecule has 1 atom stereocenters. The molecule has 0 nitrogen and oxygen atoms in total. The quantitative estimate of drug-likeness (QED) is 0.692. The molecule has 0 aliphatic heterocycles. The Morgan fingerprint density at radius 1 is 0.850 bits per heavy atom. The van der Waals surface area contributed by atoms with Crippen molar-refractivity contribution in [3.05, 3.63) is 71.3 Å². The third kappa shape index (κ3) is 2.34. The topological polar surface area (TPSA) is 0 Å². The predicted octanol–water partition coefficient (Wildman–Crippen LogP) is 4.99. The number of hydrogen-bond donors (Lipinski definition) is 0. The van der Waals surface area contributed by atoms with Crippen LogP contribution < -0.4 is 5.30 Å². The highest BCUT2D eigenvalue weighted by atomic mass is 31.1. The second-order valence-corrected chi connectivity index (χ2v) is 8.02. The molecule has 2 aromatic rings. The van der Waals surface area contributed by atoms with Crippen molar-refractivity contribution in [2.75, 3.05) is 12.3 Å². The molecule has 0 heterocycles. The van der Waals surface area contributed by atoms with E-state index in [0.29, 0.717) is 5.92 Å². The lowest BCUT2D eigenvalue weighted by Crippen LogP contribution is -2.13. The van der Waals surface area contributed by atoms with E-state index < -0.39 is 0 Å². The van der Waals surface area contributed by atoms with E-state index in [0.717, 1.165) is 0 Å². The van der Waals surface area contributed by atoms with Gasteiger partial charge in [-0.15, -0.1) is 0 Å². The van der Waals surface area contributed by atoms with Crippen molar-refractivity contribution < 1.29 is 0 Å². The maximum absolute atomic E-state index is 2.36. The monoisotopic (exact) mass is 280 g/mol. The summed E-state index contributed by atoms with van der Waals surface area (Å²) in [7, 11) is -0.0114. The van der Waals surface area contributed by atoms with Gasteiger partial charge in [0, 0.05) is 5.92 Å². The second-order valence-electron chi connectivity index (χ2n) is 5.20. The lowest BCUT2D eigenvalue weighted by atomic mass is 9.93. The van der Waals surface area contributed by atoms with Crippen molar-refractivity contribution >= 4 is 19.3 Å². The maximum Gasteiger partial charge on any atom is 0.0285 e. The molecule has 20 heavy (non-hydrogen) atoms. The van der Waals surface area contributed by atoms with Gasteiger partial charge < -0.3 is 0 Å². The molecule has 0 bridgehead atoms. The van der Waals surface area contributed by atoms with Crippen LogP contribution in [0.4, 0.5) is 0 Å². The van der Waals surface area contributed by atoms with Crippen LogP contribution in [-0.4, -0.2) is 12.3 Å². The van der Waals surface area contributed by atoms with E-state index in [1.165, 1.54) is 29.0 Å². The average Bonchev–Trinajstić information content (AvgIpc) is 2.93. The summed E-state index contributed by atoms with van der Waals surface area (Å²) >= 11 is 0. The summed E-state index contributed by atoms with van der Waals surface area (Å²) in [5.74, 6) is 0.450. The number of benzene rings is 2. The van der Waals surface area contributed by atoms with Crippen LogP contribution in [0.25, 0.3) is 6.08 Å². The first-order chi connectivity index (χ1) is 9.85. The number of fused-ring (bicyclic) bond motifs is 1. The molecule has 0 radical (unpaired) electrons. The normalized spacial score (nSPS) is 16.6. The van der Waals surface area contributed by atoms with Crippen molar-refractivity contribution in [1.29, 1.82) is 0 Å². The minimum Gasteiger partial charge on any atom is -0.0755 e. The van der Waals surface area contributed by atoms with Gasteiger partial charge in [-0.3, -0.25) is 0 Å². The van der Waals surface area contributed by atoms with Crippen LogP contribution in [0.1, 0.15) is 36.5 Å². The Balaban J connectivity index is 2.06. The largest absolute Gasteiger partial charge is 0.0755 e. The SMILES string of the molecule is CCP(CC)c1ccccc1C1C=Cc2ccccc21. The second kappa shape index (κ2) is 5.94. The fourth-order valence-corrected chi connectivity index (χ4v) is 5.13. The summed E-state index contributed by atoms with van der Waals surface area (Å²) in [6, 6.07) is 17.8. The third-order valence-corrected chi connectivity index (χ3v) is 6.79. The highest BCUT2D eigenvalue weighted by Crippen LogP contribution is 2.40. The van der Waals surface area contributed by atoms with Crippen LogP contribution in [0.15, 0.2) is 54.6 Å². The first kappa shape index (κ1) is 13.6. The Labute approximate surface area is 123 Å². The molecule has 1 unspecified atom stereocenters. The average molecular weight is 280 g/mol.